The first-order valence-electron chi connectivity index (χ1n) is 9.56. The van der Waals surface area contributed by atoms with Crippen LogP contribution in [0.5, 0.6) is 0 Å². The molecule has 0 spiro atoms. The summed E-state index contributed by atoms with van der Waals surface area (Å²) in [5.41, 5.74) is 4.70. The number of hydrogen-bond donors (Lipinski definition) is 1. The molecule has 2 aromatic rings. The van der Waals surface area contributed by atoms with Crippen LogP contribution in [0.15, 0.2) is 18.3 Å². The average Bonchev–Trinajstić information content (AvgIpc) is 3.42. The minimum Gasteiger partial charge on any atom is -0.353 e. The van der Waals surface area contributed by atoms with Gasteiger partial charge in [0.1, 0.15) is 0 Å². The fourth-order valence-electron chi connectivity index (χ4n) is 3.66. The normalized spacial score (nSPS) is 16.1. The lowest BCUT2D eigenvalue weighted by atomic mass is 10.0. The highest BCUT2D eigenvalue weighted by atomic mass is 16.2. The molecule has 27 heavy (non-hydrogen) atoms. The van der Waals surface area contributed by atoms with E-state index < -0.39 is 0 Å². The Bertz CT molecular complexity index is 884. The van der Waals surface area contributed by atoms with E-state index in [0.717, 1.165) is 36.2 Å². The number of amides is 2. The third kappa shape index (κ3) is 3.86. The van der Waals surface area contributed by atoms with E-state index in [2.05, 4.69) is 15.4 Å². The zero-order valence-corrected chi connectivity index (χ0v) is 15.9. The van der Waals surface area contributed by atoms with Crippen LogP contribution in [0.2, 0.25) is 0 Å². The number of hydrogen-bond acceptors (Lipinski definition) is 4. The second-order valence-corrected chi connectivity index (χ2v) is 7.50. The summed E-state index contributed by atoms with van der Waals surface area (Å²) < 4.78 is 1.90. The Kier molecular flexibility index (Phi) is 4.68. The standard InChI is InChI=1S/C20H25N5O2/c1-13-11-14(7-9-21-13)20(27)25-10-8-18-16(12-25)17(23-24(18)2)5-6-19(26)22-15-3-4-15/h7,9,11,15H,3-6,8,10,12H2,1-2H3,(H,22,26). The maximum Gasteiger partial charge on any atom is 0.254 e. The van der Waals surface area contributed by atoms with Crippen LogP contribution >= 0.6 is 0 Å². The van der Waals surface area contributed by atoms with Gasteiger partial charge in [-0.2, -0.15) is 5.10 Å². The van der Waals surface area contributed by atoms with Gasteiger partial charge in [-0.1, -0.05) is 0 Å². The highest BCUT2D eigenvalue weighted by Gasteiger charge is 2.28. The first-order valence-corrected chi connectivity index (χ1v) is 9.56. The number of carbonyl (C=O) groups excluding carboxylic acids is 2. The van der Waals surface area contributed by atoms with Crippen molar-refractivity contribution in [3.05, 3.63) is 46.5 Å². The van der Waals surface area contributed by atoms with Crippen molar-refractivity contribution in [1.29, 1.82) is 0 Å². The molecule has 2 aromatic heterocycles. The summed E-state index contributed by atoms with van der Waals surface area (Å²) in [6.07, 6.45) is 5.69. The molecule has 1 N–H and O–H groups in total. The van der Waals surface area contributed by atoms with Crippen LogP contribution in [0.25, 0.3) is 0 Å². The Morgan fingerprint density at radius 1 is 1.33 bits per heavy atom. The molecule has 1 aliphatic heterocycles. The topological polar surface area (TPSA) is 80.1 Å². The minimum absolute atomic E-state index is 0.0208. The highest BCUT2D eigenvalue weighted by molar-refractivity contribution is 5.94. The van der Waals surface area contributed by atoms with Crippen LogP contribution in [-0.2, 0) is 31.2 Å². The number of nitrogens with one attached hydrogen (secondary N) is 1. The Morgan fingerprint density at radius 2 is 2.15 bits per heavy atom. The number of fused-ring (bicyclic) bond motifs is 1. The smallest absolute Gasteiger partial charge is 0.254 e. The third-order valence-corrected chi connectivity index (χ3v) is 5.29. The molecule has 0 unspecified atom stereocenters. The van der Waals surface area contributed by atoms with Gasteiger partial charge < -0.3 is 10.2 Å². The molecule has 2 amide bonds. The van der Waals surface area contributed by atoms with Crippen LogP contribution in [-0.4, -0.2) is 44.1 Å². The summed E-state index contributed by atoms with van der Waals surface area (Å²) in [5.74, 6) is 0.111. The molecule has 0 atom stereocenters. The van der Waals surface area contributed by atoms with Crippen molar-refractivity contribution >= 4 is 11.8 Å². The van der Waals surface area contributed by atoms with Gasteiger partial charge >= 0.3 is 0 Å². The fourth-order valence-corrected chi connectivity index (χ4v) is 3.66. The summed E-state index contributed by atoms with van der Waals surface area (Å²) in [7, 11) is 1.94. The van der Waals surface area contributed by atoms with Gasteiger partial charge in [0.25, 0.3) is 5.91 Å². The van der Waals surface area contributed by atoms with E-state index in [-0.39, 0.29) is 11.8 Å². The number of pyridine rings is 1. The summed E-state index contributed by atoms with van der Waals surface area (Å²) >= 11 is 0. The molecule has 7 nitrogen and oxygen atoms in total. The molecule has 7 heteroatoms. The van der Waals surface area contributed by atoms with Crippen molar-refractivity contribution in [2.24, 2.45) is 7.05 Å². The van der Waals surface area contributed by atoms with E-state index in [1.54, 1.807) is 12.3 Å². The first-order chi connectivity index (χ1) is 13.0. The molecule has 0 saturated heterocycles. The summed E-state index contributed by atoms with van der Waals surface area (Å²) in [6.45, 7) is 3.11. The van der Waals surface area contributed by atoms with Crippen molar-refractivity contribution in [1.82, 2.24) is 25.0 Å². The molecule has 1 fully saturated rings. The SMILES string of the molecule is Cc1cc(C(=O)N2CCc3c(c(CCC(=O)NC4CC4)nn3C)C2)ccn1. The summed E-state index contributed by atoms with van der Waals surface area (Å²) in [5, 5.41) is 7.65. The number of aryl methyl sites for hydroxylation is 3. The zero-order chi connectivity index (χ0) is 19.0. The van der Waals surface area contributed by atoms with Crippen molar-refractivity contribution < 1.29 is 9.59 Å². The van der Waals surface area contributed by atoms with Crippen LogP contribution in [0, 0.1) is 6.92 Å². The number of rotatable bonds is 5. The zero-order valence-electron chi connectivity index (χ0n) is 15.9. The van der Waals surface area contributed by atoms with Crippen molar-refractivity contribution in [3.63, 3.8) is 0 Å². The van der Waals surface area contributed by atoms with E-state index in [0.29, 0.717) is 37.5 Å². The van der Waals surface area contributed by atoms with E-state index >= 15 is 0 Å². The van der Waals surface area contributed by atoms with Gasteiger partial charge in [0.05, 0.1) is 5.69 Å². The Morgan fingerprint density at radius 3 is 2.89 bits per heavy atom. The molecule has 1 aliphatic carbocycles. The minimum atomic E-state index is 0.0208. The molecule has 0 radical (unpaired) electrons. The fraction of sp³-hybridized carbons (Fsp3) is 0.500. The van der Waals surface area contributed by atoms with Gasteiger partial charge in [0.15, 0.2) is 0 Å². The lowest BCUT2D eigenvalue weighted by Gasteiger charge is -2.28. The predicted octanol–water partition coefficient (Wildman–Crippen LogP) is 1.53. The molecule has 4 rings (SSSR count). The van der Waals surface area contributed by atoms with E-state index in [1.165, 1.54) is 5.69 Å². The lowest BCUT2D eigenvalue weighted by molar-refractivity contribution is -0.121. The van der Waals surface area contributed by atoms with Gasteiger partial charge in [-0.3, -0.25) is 19.3 Å². The van der Waals surface area contributed by atoms with Gasteiger partial charge in [-0.05, 0) is 31.9 Å². The van der Waals surface area contributed by atoms with Gasteiger partial charge in [-0.15, -0.1) is 0 Å². The number of nitrogens with zero attached hydrogens (tertiary/aromatic N) is 4. The molecular weight excluding hydrogens is 342 g/mol. The highest BCUT2D eigenvalue weighted by Crippen LogP contribution is 2.25. The van der Waals surface area contributed by atoms with Crippen LogP contribution in [0.1, 0.15) is 52.3 Å². The van der Waals surface area contributed by atoms with Crippen molar-refractivity contribution in [2.75, 3.05) is 6.54 Å². The first kappa shape index (κ1) is 17.7. The van der Waals surface area contributed by atoms with Crippen molar-refractivity contribution in [2.45, 2.75) is 51.6 Å². The Labute approximate surface area is 158 Å². The monoisotopic (exact) mass is 367 g/mol. The molecule has 0 aromatic carbocycles. The molecule has 2 aliphatic rings. The maximum atomic E-state index is 12.9. The molecule has 1 saturated carbocycles. The van der Waals surface area contributed by atoms with E-state index in [1.807, 2.05) is 29.6 Å². The van der Waals surface area contributed by atoms with Gasteiger partial charge in [-0.25, -0.2) is 0 Å². The number of carbonyl (C=O) groups is 2. The molecule has 142 valence electrons. The largest absolute Gasteiger partial charge is 0.353 e. The lowest BCUT2D eigenvalue weighted by Crippen LogP contribution is -2.36. The van der Waals surface area contributed by atoms with Crippen LogP contribution < -0.4 is 5.32 Å². The maximum absolute atomic E-state index is 12.9. The quantitative estimate of drug-likeness (QED) is 0.869. The van der Waals surface area contributed by atoms with E-state index in [9.17, 15) is 9.59 Å². The molecule has 0 bridgehead atoms. The van der Waals surface area contributed by atoms with Gasteiger partial charge in [0.2, 0.25) is 5.91 Å². The third-order valence-electron chi connectivity index (χ3n) is 5.29. The summed E-state index contributed by atoms with van der Waals surface area (Å²) in [4.78, 5) is 30.9. The molecular formula is C20H25N5O2. The summed E-state index contributed by atoms with van der Waals surface area (Å²) in [6, 6.07) is 3.97. The second-order valence-electron chi connectivity index (χ2n) is 7.50. The van der Waals surface area contributed by atoms with Crippen LogP contribution in [0.4, 0.5) is 0 Å². The average molecular weight is 367 g/mol. The van der Waals surface area contributed by atoms with Crippen molar-refractivity contribution in [3.8, 4) is 0 Å². The van der Waals surface area contributed by atoms with Gasteiger partial charge in [0, 0.05) is 74.2 Å². The number of aromatic nitrogens is 3. The van der Waals surface area contributed by atoms with Crippen LogP contribution in [0.3, 0.4) is 0 Å². The van der Waals surface area contributed by atoms with E-state index in [4.69, 9.17) is 0 Å². The predicted molar refractivity (Wildman–Crippen MR) is 100 cm³/mol. The Hall–Kier alpha value is -2.70. The molecule has 3 heterocycles. The second kappa shape index (κ2) is 7.13. The Balaban J connectivity index is 1.47.